The molecule has 0 bridgehead atoms. The predicted octanol–water partition coefficient (Wildman–Crippen LogP) is 5.00. The highest BCUT2D eigenvalue weighted by Gasteiger charge is 2.57. The van der Waals surface area contributed by atoms with Crippen LogP contribution in [-0.2, 0) is 14.2 Å². The first-order valence-corrected chi connectivity index (χ1v) is 11.4. The minimum absolute atomic E-state index is 0.0853. The summed E-state index contributed by atoms with van der Waals surface area (Å²) in [7, 11) is 0. The van der Waals surface area contributed by atoms with Crippen LogP contribution in [0.1, 0.15) is 59.3 Å². The molecule has 3 heterocycles. The zero-order valence-electron chi connectivity index (χ0n) is 15.3. The fraction of sp³-hybridized carbons (Fsp3) is 0.895. The number of hydrogen-bond donors (Lipinski definition) is 0. The molecule has 0 amide bonds. The first kappa shape index (κ1) is 19.1. The smallest absolute Gasteiger partial charge is 0.164 e. The standard InChI is InChI=1S/C19H32O3S2/c1-4-5-6-7-8-9-11-19(23-12-10-13-24-19)17-16-15(14-20-17)21-18(2,3)22-16/h7-8,15-17H,4-6,9-14H2,1-3H3/b8-7+/t15-,16-,17+/m1/s1. The first-order valence-electron chi connectivity index (χ1n) is 9.46. The van der Waals surface area contributed by atoms with Gasteiger partial charge in [-0.25, -0.2) is 0 Å². The summed E-state index contributed by atoms with van der Waals surface area (Å²) in [6, 6.07) is 0. The molecule has 0 N–H and O–H groups in total. The summed E-state index contributed by atoms with van der Waals surface area (Å²) in [5, 5.41) is 0. The van der Waals surface area contributed by atoms with E-state index in [2.05, 4.69) is 42.6 Å². The third kappa shape index (κ3) is 4.35. The van der Waals surface area contributed by atoms with Gasteiger partial charge in [-0.15, -0.1) is 23.5 Å². The highest BCUT2D eigenvalue weighted by Crippen LogP contribution is 2.53. The van der Waals surface area contributed by atoms with Crippen LogP contribution >= 0.6 is 23.5 Å². The molecule has 3 aliphatic heterocycles. The lowest BCUT2D eigenvalue weighted by atomic mass is 10.0. The van der Waals surface area contributed by atoms with E-state index < -0.39 is 5.79 Å². The van der Waals surface area contributed by atoms with E-state index in [9.17, 15) is 0 Å². The molecule has 24 heavy (non-hydrogen) atoms. The summed E-state index contributed by atoms with van der Waals surface area (Å²) in [5.74, 6) is 1.99. The molecule has 0 spiro atoms. The van der Waals surface area contributed by atoms with Crippen molar-refractivity contribution in [1.29, 1.82) is 0 Å². The Bertz CT molecular complexity index is 432. The molecule has 3 fully saturated rings. The lowest BCUT2D eigenvalue weighted by Gasteiger charge is -2.42. The Morgan fingerprint density at radius 2 is 1.83 bits per heavy atom. The zero-order chi connectivity index (χ0) is 17.0. The maximum Gasteiger partial charge on any atom is 0.164 e. The first-order chi connectivity index (χ1) is 11.6. The molecule has 0 aromatic carbocycles. The lowest BCUT2D eigenvalue weighted by Crippen LogP contribution is -2.46. The van der Waals surface area contributed by atoms with Gasteiger partial charge in [0.05, 0.1) is 10.7 Å². The van der Waals surface area contributed by atoms with Gasteiger partial charge in [0, 0.05) is 0 Å². The molecule has 0 saturated carbocycles. The number of hydrogen-bond acceptors (Lipinski definition) is 5. The Balaban J connectivity index is 1.64. The van der Waals surface area contributed by atoms with E-state index >= 15 is 0 Å². The quantitative estimate of drug-likeness (QED) is 0.463. The van der Waals surface area contributed by atoms with Gasteiger partial charge in [-0.3, -0.25) is 0 Å². The molecule has 3 saturated heterocycles. The van der Waals surface area contributed by atoms with E-state index in [0.29, 0.717) is 6.61 Å². The Morgan fingerprint density at radius 3 is 2.58 bits per heavy atom. The molecular formula is C19H32O3S2. The second-order valence-corrected chi connectivity index (χ2v) is 10.5. The van der Waals surface area contributed by atoms with Crippen LogP contribution in [0.2, 0.25) is 0 Å². The monoisotopic (exact) mass is 372 g/mol. The van der Waals surface area contributed by atoms with Crippen LogP contribution in [0.5, 0.6) is 0 Å². The van der Waals surface area contributed by atoms with E-state index in [0.717, 1.165) is 12.8 Å². The molecule has 0 unspecified atom stereocenters. The number of fused-ring (bicyclic) bond motifs is 1. The molecule has 138 valence electrons. The van der Waals surface area contributed by atoms with Crippen LogP contribution < -0.4 is 0 Å². The summed E-state index contributed by atoms with van der Waals surface area (Å²) in [6.07, 6.45) is 12.4. The van der Waals surface area contributed by atoms with Crippen molar-refractivity contribution < 1.29 is 14.2 Å². The number of allylic oxidation sites excluding steroid dienone is 2. The maximum absolute atomic E-state index is 6.24. The number of thioether (sulfide) groups is 2. The molecular weight excluding hydrogens is 340 g/mol. The SMILES string of the molecule is CCCC/C=C/CCC1([C@H]2OC[C@H]3OC(C)(C)O[C@H]32)SCCCS1. The minimum atomic E-state index is -0.470. The summed E-state index contributed by atoms with van der Waals surface area (Å²) in [4.78, 5) is 0. The normalized spacial score (nSPS) is 34.7. The zero-order valence-corrected chi connectivity index (χ0v) is 16.9. The molecule has 0 aromatic heterocycles. The van der Waals surface area contributed by atoms with Gasteiger partial charge >= 0.3 is 0 Å². The van der Waals surface area contributed by atoms with Gasteiger partial charge in [0.2, 0.25) is 0 Å². The van der Waals surface area contributed by atoms with Crippen molar-refractivity contribution in [1.82, 2.24) is 0 Å². The maximum atomic E-state index is 6.24. The molecule has 0 radical (unpaired) electrons. The summed E-state index contributed by atoms with van der Waals surface area (Å²) >= 11 is 4.19. The highest BCUT2D eigenvalue weighted by molar-refractivity contribution is 8.18. The summed E-state index contributed by atoms with van der Waals surface area (Å²) in [5.41, 5.74) is 0. The van der Waals surface area contributed by atoms with E-state index in [1.54, 1.807) is 0 Å². The molecule has 3 atom stereocenters. The van der Waals surface area contributed by atoms with Crippen molar-refractivity contribution >= 4 is 23.5 Å². The Labute approximate surface area is 155 Å². The van der Waals surface area contributed by atoms with Gasteiger partial charge in [-0.1, -0.05) is 31.9 Å². The fourth-order valence-corrected chi connectivity index (χ4v) is 7.34. The van der Waals surface area contributed by atoms with Crippen LogP contribution in [0.25, 0.3) is 0 Å². The largest absolute Gasteiger partial charge is 0.370 e. The molecule has 3 nitrogen and oxygen atoms in total. The van der Waals surface area contributed by atoms with Crippen molar-refractivity contribution in [2.75, 3.05) is 18.1 Å². The van der Waals surface area contributed by atoms with Crippen molar-refractivity contribution in [2.45, 2.75) is 87.5 Å². The van der Waals surface area contributed by atoms with E-state index in [4.69, 9.17) is 14.2 Å². The average Bonchev–Trinajstić information content (AvgIpc) is 3.07. The Morgan fingerprint density at radius 1 is 1.08 bits per heavy atom. The van der Waals surface area contributed by atoms with E-state index in [-0.39, 0.29) is 22.4 Å². The van der Waals surface area contributed by atoms with Gasteiger partial charge in [0.15, 0.2) is 5.79 Å². The van der Waals surface area contributed by atoms with Crippen LogP contribution in [0.3, 0.4) is 0 Å². The molecule has 3 rings (SSSR count). The minimum Gasteiger partial charge on any atom is -0.370 e. The summed E-state index contributed by atoms with van der Waals surface area (Å²) < 4.78 is 18.6. The molecule has 0 aliphatic carbocycles. The van der Waals surface area contributed by atoms with Crippen LogP contribution in [0, 0.1) is 0 Å². The van der Waals surface area contributed by atoms with Crippen LogP contribution in [0.4, 0.5) is 0 Å². The third-order valence-electron chi connectivity index (χ3n) is 4.93. The third-order valence-corrected chi connectivity index (χ3v) is 8.47. The second kappa shape index (κ2) is 8.34. The Kier molecular flexibility index (Phi) is 6.64. The molecule has 5 heteroatoms. The van der Waals surface area contributed by atoms with Gasteiger partial charge < -0.3 is 14.2 Å². The topological polar surface area (TPSA) is 27.7 Å². The van der Waals surface area contributed by atoms with Gasteiger partial charge in [-0.05, 0) is 51.0 Å². The lowest BCUT2D eigenvalue weighted by molar-refractivity contribution is -0.175. The fourth-order valence-electron chi connectivity index (χ4n) is 3.80. The van der Waals surface area contributed by atoms with Gasteiger partial charge in [0.25, 0.3) is 0 Å². The second-order valence-electron chi connectivity index (χ2n) is 7.41. The van der Waals surface area contributed by atoms with Crippen molar-refractivity contribution in [3.05, 3.63) is 12.2 Å². The predicted molar refractivity (Wildman–Crippen MR) is 104 cm³/mol. The van der Waals surface area contributed by atoms with Crippen LogP contribution in [0.15, 0.2) is 12.2 Å². The van der Waals surface area contributed by atoms with E-state index in [1.165, 1.54) is 37.2 Å². The van der Waals surface area contributed by atoms with Crippen LogP contribution in [-0.4, -0.2) is 46.3 Å². The molecule has 3 aliphatic rings. The highest BCUT2D eigenvalue weighted by atomic mass is 32.2. The summed E-state index contributed by atoms with van der Waals surface area (Å²) in [6.45, 7) is 6.96. The van der Waals surface area contributed by atoms with Gasteiger partial charge in [0.1, 0.15) is 18.3 Å². The average molecular weight is 373 g/mol. The van der Waals surface area contributed by atoms with Crippen molar-refractivity contribution in [3.8, 4) is 0 Å². The Hall–Kier alpha value is 0.320. The number of ether oxygens (including phenoxy) is 3. The van der Waals surface area contributed by atoms with E-state index in [1.807, 2.05) is 13.8 Å². The van der Waals surface area contributed by atoms with Gasteiger partial charge in [-0.2, -0.15) is 0 Å². The molecule has 0 aromatic rings. The van der Waals surface area contributed by atoms with Crippen molar-refractivity contribution in [2.24, 2.45) is 0 Å². The number of rotatable bonds is 7. The number of unbranched alkanes of at least 4 members (excludes halogenated alkanes) is 2. The van der Waals surface area contributed by atoms with Crippen molar-refractivity contribution in [3.63, 3.8) is 0 Å².